The van der Waals surface area contributed by atoms with Crippen LogP contribution in [0, 0.1) is 6.92 Å². The van der Waals surface area contributed by atoms with Crippen molar-refractivity contribution in [2.24, 2.45) is 4.99 Å². The van der Waals surface area contributed by atoms with E-state index in [1.807, 2.05) is 44.0 Å². The molecule has 0 unspecified atom stereocenters. The highest BCUT2D eigenvalue weighted by molar-refractivity contribution is 5.97. The molecule has 1 aromatic rings. The summed E-state index contributed by atoms with van der Waals surface area (Å²) in [5.41, 5.74) is 6.40. The molecule has 0 N–H and O–H groups in total. The Labute approximate surface area is 230 Å². The molecule has 0 atom stereocenters. The van der Waals surface area contributed by atoms with E-state index in [0.717, 1.165) is 74.0 Å². The van der Waals surface area contributed by atoms with Crippen LogP contribution in [0.15, 0.2) is 83.7 Å². The molecule has 0 aromatic heterocycles. The third-order valence-electron chi connectivity index (χ3n) is 7.07. The maximum Gasteiger partial charge on any atom is 0.254 e. The van der Waals surface area contributed by atoms with Gasteiger partial charge in [-0.1, -0.05) is 43.0 Å². The second-order valence-corrected chi connectivity index (χ2v) is 10.4. The average Bonchev–Trinajstić information content (AvgIpc) is 2.91. The first-order valence-electron chi connectivity index (χ1n) is 13.7. The van der Waals surface area contributed by atoms with Crippen molar-refractivity contribution < 1.29 is 4.79 Å². The Kier molecular flexibility index (Phi) is 10.7. The van der Waals surface area contributed by atoms with E-state index >= 15 is 0 Å². The number of carbonyl (C=O) groups is 1. The highest BCUT2D eigenvalue weighted by Crippen LogP contribution is 2.19. The molecule has 0 bridgehead atoms. The zero-order chi connectivity index (χ0) is 27.7. The molecule has 0 radical (unpaired) electrons. The highest BCUT2D eigenvalue weighted by atomic mass is 16.2. The normalized spacial score (nSPS) is 17.7. The van der Waals surface area contributed by atoms with Gasteiger partial charge in [0.05, 0.1) is 0 Å². The lowest BCUT2D eigenvalue weighted by molar-refractivity contribution is 0.0671. The summed E-state index contributed by atoms with van der Waals surface area (Å²) >= 11 is 0. The first kappa shape index (κ1) is 29.2. The van der Waals surface area contributed by atoms with E-state index in [4.69, 9.17) is 0 Å². The van der Waals surface area contributed by atoms with Gasteiger partial charge in [0.2, 0.25) is 0 Å². The predicted molar refractivity (Wildman–Crippen MR) is 160 cm³/mol. The van der Waals surface area contributed by atoms with E-state index in [1.54, 1.807) is 0 Å². The number of rotatable bonds is 8. The molecule has 204 valence electrons. The minimum atomic E-state index is 0.133. The van der Waals surface area contributed by atoms with E-state index in [2.05, 4.69) is 77.0 Å². The van der Waals surface area contributed by atoms with Crippen LogP contribution in [0.1, 0.15) is 49.2 Å². The number of benzene rings is 1. The van der Waals surface area contributed by atoms with Crippen LogP contribution >= 0.6 is 0 Å². The third-order valence-corrected chi connectivity index (χ3v) is 7.07. The molecule has 2 fully saturated rings. The molecule has 1 amide bonds. The first-order valence-corrected chi connectivity index (χ1v) is 13.7. The van der Waals surface area contributed by atoms with Gasteiger partial charge in [-0.25, -0.2) is 4.99 Å². The quantitative estimate of drug-likeness (QED) is 0.264. The van der Waals surface area contributed by atoms with Crippen LogP contribution in [0.5, 0.6) is 0 Å². The van der Waals surface area contributed by atoms with Crippen LogP contribution in [-0.4, -0.2) is 83.7 Å². The van der Waals surface area contributed by atoms with Crippen LogP contribution in [0.25, 0.3) is 0 Å². The number of amides is 1. The molecule has 1 aromatic carbocycles. The van der Waals surface area contributed by atoms with E-state index in [-0.39, 0.29) is 5.91 Å². The Morgan fingerprint density at radius 1 is 0.947 bits per heavy atom. The lowest BCUT2D eigenvalue weighted by atomic mass is 10.0. The monoisotopic (exact) mass is 515 g/mol. The van der Waals surface area contributed by atoms with Crippen LogP contribution < -0.4 is 0 Å². The largest absolute Gasteiger partial charge is 0.368 e. The smallest absolute Gasteiger partial charge is 0.254 e. The molecule has 0 aliphatic carbocycles. The highest BCUT2D eigenvalue weighted by Gasteiger charge is 2.25. The van der Waals surface area contributed by atoms with Crippen molar-refractivity contribution in [1.82, 2.24) is 19.6 Å². The number of aliphatic imine (C=N–C) groups is 1. The summed E-state index contributed by atoms with van der Waals surface area (Å²) in [7, 11) is 0. The molecule has 0 spiro atoms. The van der Waals surface area contributed by atoms with Gasteiger partial charge in [-0.3, -0.25) is 9.69 Å². The Balaban J connectivity index is 1.60. The average molecular weight is 516 g/mol. The maximum absolute atomic E-state index is 13.5. The standard InChI is InChI=1S/C32H45N5O/c1-8-14-33-31(26(5)6)36-17-15-34(16-18-36)24-28-12-11-27(7)30(23-28)32(38)37-21-19-35(20-22-37)29(9-2)13-10-25(3)4/h8-14,23H,2,5,15-22,24H2,1,3-4,6-7H3/b14-8-,29-13+,33-31?. The summed E-state index contributed by atoms with van der Waals surface area (Å²) in [6, 6.07) is 6.36. The van der Waals surface area contributed by atoms with E-state index < -0.39 is 0 Å². The van der Waals surface area contributed by atoms with Crippen molar-refractivity contribution in [3.05, 3.63) is 95.4 Å². The second kappa shape index (κ2) is 14.0. The maximum atomic E-state index is 13.5. The SMILES string of the molecule is C=C/C(=C\C=C(C)C)N1CCN(C(=O)c2cc(CN3CCN(C(=N/C=C\C)C(=C)C)CC3)ccc2C)CC1. The van der Waals surface area contributed by atoms with Gasteiger partial charge in [-0.15, -0.1) is 0 Å². The Bertz CT molecular complexity index is 1120. The molecule has 6 heteroatoms. The number of piperazine rings is 2. The minimum absolute atomic E-state index is 0.133. The summed E-state index contributed by atoms with van der Waals surface area (Å²) in [4.78, 5) is 27.2. The van der Waals surface area contributed by atoms with Crippen LogP contribution in [0.4, 0.5) is 0 Å². The van der Waals surface area contributed by atoms with Gasteiger partial charge < -0.3 is 14.7 Å². The van der Waals surface area contributed by atoms with Gasteiger partial charge in [0, 0.05) is 76.4 Å². The fourth-order valence-electron chi connectivity index (χ4n) is 4.87. The molecule has 6 nitrogen and oxygen atoms in total. The number of aryl methyl sites for hydroxylation is 1. The number of hydrogen-bond donors (Lipinski definition) is 0. The summed E-state index contributed by atoms with van der Waals surface area (Å²) < 4.78 is 0. The Morgan fingerprint density at radius 3 is 2.16 bits per heavy atom. The molecule has 2 heterocycles. The topological polar surface area (TPSA) is 42.4 Å². The Morgan fingerprint density at radius 2 is 1.58 bits per heavy atom. The van der Waals surface area contributed by atoms with Gasteiger partial charge in [0.1, 0.15) is 5.84 Å². The number of nitrogens with zero attached hydrogens (tertiary/aromatic N) is 5. The van der Waals surface area contributed by atoms with Crippen LogP contribution in [0.2, 0.25) is 0 Å². The van der Waals surface area contributed by atoms with Crippen molar-refractivity contribution >= 4 is 11.7 Å². The summed E-state index contributed by atoms with van der Waals surface area (Å²) in [6.45, 7) is 25.9. The second-order valence-electron chi connectivity index (χ2n) is 10.4. The van der Waals surface area contributed by atoms with Crippen LogP contribution in [-0.2, 0) is 6.54 Å². The molecule has 3 rings (SSSR count). The molecule has 2 saturated heterocycles. The van der Waals surface area contributed by atoms with E-state index in [0.29, 0.717) is 13.1 Å². The summed E-state index contributed by atoms with van der Waals surface area (Å²) in [6.07, 6.45) is 9.90. The van der Waals surface area contributed by atoms with Crippen molar-refractivity contribution in [3.8, 4) is 0 Å². The van der Waals surface area contributed by atoms with E-state index in [9.17, 15) is 4.79 Å². The molecular formula is C32H45N5O. The van der Waals surface area contributed by atoms with Gasteiger partial charge in [0.25, 0.3) is 5.91 Å². The molecule has 2 aliphatic heterocycles. The lowest BCUT2D eigenvalue weighted by Crippen LogP contribution is -2.48. The van der Waals surface area contributed by atoms with Crippen molar-refractivity contribution in [2.75, 3.05) is 52.4 Å². The van der Waals surface area contributed by atoms with E-state index in [1.165, 1.54) is 11.1 Å². The number of hydrogen-bond acceptors (Lipinski definition) is 4. The van der Waals surface area contributed by atoms with Gasteiger partial charge >= 0.3 is 0 Å². The summed E-state index contributed by atoms with van der Waals surface area (Å²) in [5.74, 6) is 1.10. The first-order chi connectivity index (χ1) is 18.2. The molecule has 2 aliphatic rings. The zero-order valence-corrected chi connectivity index (χ0v) is 24.0. The molecule has 38 heavy (non-hydrogen) atoms. The van der Waals surface area contributed by atoms with Gasteiger partial charge in [0.15, 0.2) is 0 Å². The van der Waals surface area contributed by atoms with Crippen molar-refractivity contribution in [1.29, 1.82) is 0 Å². The number of carbonyl (C=O) groups excluding carboxylic acids is 1. The number of allylic oxidation sites excluding steroid dienone is 5. The Hall–Kier alpha value is -3.38. The van der Waals surface area contributed by atoms with Crippen molar-refractivity contribution in [2.45, 2.75) is 41.2 Å². The lowest BCUT2D eigenvalue weighted by Gasteiger charge is -2.37. The van der Waals surface area contributed by atoms with Crippen LogP contribution in [0.3, 0.4) is 0 Å². The minimum Gasteiger partial charge on any atom is -0.368 e. The van der Waals surface area contributed by atoms with Crippen molar-refractivity contribution in [3.63, 3.8) is 0 Å². The molecular weight excluding hydrogens is 470 g/mol. The summed E-state index contributed by atoms with van der Waals surface area (Å²) in [5, 5.41) is 0. The predicted octanol–water partition coefficient (Wildman–Crippen LogP) is 5.41. The number of amidine groups is 1. The fraction of sp³-hybridized carbons (Fsp3) is 0.438. The van der Waals surface area contributed by atoms with Gasteiger partial charge in [-0.05, 0) is 69.5 Å². The molecule has 0 saturated carbocycles. The fourth-order valence-corrected chi connectivity index (χ4v) is 4.87. The zero-order valence-electron chi connectivity index (χ0n) is 24.0. The third kappa shape index (κ3) is 7.81. The van der Waals surface area contributed by atoms with Gasteiger partial charge in [-0.2, -0.15) is 0 Å².